The zero-order valence-electron chi connectivity index (χ0n) is 16.4. The number of rotatable bonds is 3. The maximum absolute atomic E-state index is 13.4. The number of imide groups is 1. The molecule has 34 heavy (non-hydrogen) atoms. The minimum atomic E-state index is -4.69. The van der Waals surface area contributed by atoms with E-state index in [1.54, 1.807) is 0 Å². The molecule has 4 rings (SSSR count). The third kappa shape index (κ3) is 4.14. The lowest BCUT2D eigenvalue weighted by Crippen LogP contribution is -2.31. The third-order valence-electron chi connectivity index (χ3n) is 4.97. The molecule has 3 aromatic carbocycles. The Morgan fingerprint density at radius 2 is 1.26 bits per heavy atom. The van der Waals surface area contributed by atoms with Crippen LogP contribution in [0.5, 0.6) is 0 Å². The molecule has 3 amide bonds. The summed E-state index contributed by atoms with van der Waals surface area (Å²) in [6, 6.07) is 10.2. The van der Waals surface area contributed by atoms with Crippen molar-refractivity contribution in [3.8, 4) is 0 Å². The second kappa shape index (κ2) is 9.21. The van der Waals surface area contributed by atoms with Gasteiger partial charge in [0.25, 0.3) is 17.7 Å². The molecule has 174 valence electrons. The van der Waals surface area contributed by atoms with Gasteiger partial charge in [0.05, 0.1) is 33.6 Å². The number of para-hydroxylation sites is 2. The van der Waals surface area contributed by atoms with Gasteiger partial charge in [-0.25, -0.2) is 4.90 Å². The Morgan fingerprint density at radius 1 is 0.765 bits per heavy atom. The monoisotopic (exact) mass is 722 g/mol. The molecule has 12 heteroatoms. The molecular formula is C22H9Br4F3N2O3. The minimum absolute atomic E-state index is 0.0678. The first-order valence-corrected chi connectivity index (χ1v) is 12.4. The second-order valence-corrected chi connectivity index (χ2v) is 10.1. The number of carbonyl (C=O) groups is 3. The first kappa shape index (κ1) is 25.1. The van der Waals surface area contributed by atoms with Crippen LogP contribution < -0.4 is 10.2 Å². The quantitative estimate of drug-likeness (QED) is 0.170. The van der Waals surface area contributed by atoms with Crippen LogP contribution in [0.15, 0.2) is 66.4 Å². The van der Waals surface area contributed by atoms with Crippen LogP contribution in [-0.2, 0) is 6.18 Å². The van der Waals surface area contributed by atoms with Gasteiger partial charge in [0, 0.05) is 17.9 Å². The molecule has 1 aliphatic rings. The summed E-state index contributed by atoms with van der Waals surface area (Å²) in [5.41, 5.74) is -1.55. The van der Waals surface area contributed by atoms with E-state index in [0.29, 0.717) is 17.9 Å². The molecule has 3 aromatic rings. The SMILES string of the molecule is O=C(Nc1ccccc1C(F)(F)F)c1ccccc1N1C(=O)c2c(Br)c(Br)c(Br)c(Br)c2C1=O. The molecule has 1 N–H and O–H groups in total. The van der Waals surface area contributed by atoms with Gasteiger partial charge in [0.2, 0.25) is 0 Å². The number of fused-ring (bicyclic) bond motifs is 1. The van der Waals surface area contributed by atoms with E-state index in [0.717, 1.165) is 17.0 Å². The summed E-state index contributed by atoms with van der Waals surface area (Å²) >= 11 is 13.3. The molecule has 1 aliphatic heterocycles. The number of halogens is 7. The van der Waals surface area contributed by atoms with Crippen molar-refractivity contribution < 1.29 is 27.6 Å². The standard InChI is InChI=1S/C22H9Br4F3N2O3/c23-15-13-14(16(24)18(26)17(15)25)21(34)31(20(13)33)12-8-4-1-5-9(12)19(32)30-11-7-3-2-6-10(11)22(27,28)29/h1-8H,(H,30,32). The van der Waals surface area contributed by atoms with Crippen molar-refractivity contribution >= 4 is 92.8 Å². The Hall–Kier alpha value is -2.02. The summed E-state index contributed by atoms with van der Waals surface area (Å²) in [7, 11) is 0. The van der Waals surface area contributed by atoms with E-state index in [9.17, 15) is 27.6 Å². The summed E-state index contributed by atoms with van der Waals surface area (Å²) in [5, 5.41) is 2.25. The zero-order chi connectivity index (χ0) is 24.9. The first-order chi connectivity index (χ1) is 15.9. The van der Waals surface area contributed by atoms with Crippen LogP contribution in [-0.4, -0.2) is 17.7 Å². The highest BCUT2D eigenvalue weighted by Crippen LogP contribution is 2.46. The van der Waals surface area contributed by atoms with E-state index in [-0.39, 0.29) is 22.4 Å². The number of nitrogens with zero attached hydrogens (tertiary/aromatic N) is 1. The molecular weight excluding hydrogens is 717 g/mol. The van der Waals surface area contributed by atoms with Crippen LogP contribution in [0.1, 0.15) is 36.6 Å². The fourth-order valence-corrected chi connectivity index (χ4v) is 5.91. The summed E-state index contributed by atoms with van der Waals surface area (Å²) in [4.78, 5) is 40.5. The van der Waals surface area contributed by atoms with Crippen LogP contribution in [0.25, 0.3) is 0 Å². The Bertz CT molecular complexity index is 1350. The van der Waals surface area contributed by atoms with Crippen LogP contribution >= 0.6 is 63.7 Å². The van der Waals surface area contributed by atoms with E-state index in [1.807, 2.05) is 0 Å². The van der Waals surface area contributed by atoms with Gasteiger partial charge in [-0.1, -0.05) is 24.3 Å². The van der Waals surface area contributed by atoms with Crippen molar-refractivity contribution in [2.45, 2.75) is 6.18 Å². The molecule has 0 aliphatic carbocycles. The van der Waals surface area contributed by atoms with Crippen LogP contribution in [0.3, 0.4) is 0 Å². The van der Waals surface area contributed by atoms with Gasteiger partial charge in [-0.2, -0.15) is 13.2 Å². The summed E-state index contributed by atoms with van der Waals surface area (Å²) in [5.74, 6) is -2.31. The van der Waals surface area contributed by atoms with Gasteiger partial charge in [-0.15, -0.1) is 0 Å². The first-order valence-electron chi connectivity index (χ1n) is 9.26. The highest BCUT2D eigenvalue weighted by Gasteiger charge is 2.43. The number of amides is 3. The van der Waals surface area contributed by atoms with E-state index >= 15 is 0 Å². The van der Waals surface area contributed by atoms with Crippen LogP contribution in [0.4, 0.5) is 24.5 Å². The number of nitrogens with one attached hydrogen (secondary N) is 1. The van der Waals surface area contributed by atoms with Crippen LogP contribution in [0.2, 0.25) is 0 Å². The number of carbonyl (C=O) groups excluding carboxylic acids is 3. The van der Waals surface area contributed by atoms with Crippen molar-refractivity contribution in [1.29, 1.82) is 0 Å². The largest absolute Gasteiger partial charge is 0.418 e. The highest BCUT2D eigenvalue weighted by atomic mass is 79.9. The molecule has 0 radical (unpaired) electrons. The van der Waals surface area contributed by atoms with Gasteiger partial charge < -0.3 is 5.32 Å². The molecule has 0 aromatic heterocycles. The summed E-state index contributed by atoms with van der Waals surface area (Å²) < 4.78 is 41.7. The lowest BCUT2D eigenvalue weighted by atomic mass is 10.1. The normalized spacial score (nSPS) is 13.3. The average Bonchev–Trinajstić information content (AvgIpc) is 3.05. The Labute approximate surface area is 224 Å². The average molecular weight is 726 g/mol. The van der Waals surface area contributed by atoms with Gasteiger partial charge in [-0.3, -0.25) is 14.4 Å². The van der Waals surface area contributed by atoms with Crippen LogP contribution in [0, 0.1) is 0 Å². The van der Waals surface area contributed by atoms with E-state index in [1.165, 1.54) is 36.4 Å². The number of alkyl halides is 3. The molecule has 0 unspecified atom stereocenters. The number of hydrogen-bond acceptors (Lipinski definition) is 3. The molecule has 0 saturated heterocycles. The number of anilines is 2. The van der Waals surface area contributed by atoms with Crippen molar-refractivity contribution in [2.75, 3.05) is 10.2 Å². The summed E-state index contributed by atoms with van der Waals surface area (Å²) in [6.45, 7) is 0. The molecule has 0 atom stereocenters. The predicted molar refractivity (Wildman–Crippen MR) is 134 cm³/mol. The Balaban J connectivity index is 1.78. The van der Waals surface area contributed by atoms with Gasteiger partial charge >= 0.3 is 6.18 Å². The topological polar surface area (TPSA) is 66.5 Å². The lowest BCUT2D eigenvalue weighted by Gasteiger charge is -2.19. The Morgan fingerprint density at radius 3 is 1.82 bits per heavy atom. The van der Waals surface area contributed by atoms with Crippen molar-refractivity contribution in [3.05, 3.63) is 88.7 Å². The molecule has 5 nitrogen and oxygen atoms in total. The van der Waals surface area contributed by atoms with Gasteiger partial charge in [0.1, 0.15) is 0 Å². The van der Waals surface area contributed by atoms with Gasteiger partial charge in [-0.05, 0) is 88.0 Å². The fourth-order valence-electron chi connectivity index (χ4n) is 3.46. The maximum atomic E-state index is 13.4. The molecule has 1 heterocycles. The number of benzene rings is 3. The minimum Gasteiger partial charge on any atom is -0.321 e. The predicted octanol–water partition coefficient (Wildman–Crippen LogP) is 7.81. The molecule has 0 fully saturated rings. The summed E-state index contributed by atoms with van der Waals surface area (Å²) in [6.07, 6.45) is -4.69. The van der Waals surface area contributed by atoms with Crippen molar-refractivity contribution in [3.63, 3.8) is 0 Å². The molecule has 0 saturated carbocycles. The number of hydrogen-bond donors (Lipinski definition) is 1. The van der Waals surface area contributed by atoms with E-state index < -0.39 is 35.1 Å². The van der Waals surface area contributed by atoms with E-state index in [4.69, 9.17) is 0 Å². The van der Waals surface area contributed by atoms with Gasteiger partial charge in [0.15, 0.2) is 0 Å². The van der Waals surface area contributed by atoms with Crippen molar-refractivity contribution in [1.82, 2.24) is 0 Å². The smallest absolute Gasteiger partial charge is 0.321 e. The Kier molecular flexibility index (Phi) is 6.80. The molecule has 0 spiro atoms. The van der Waals surface area contributed by atoms with E-state index in [2.05, 4.69) is 69.0 Å². The molecule has 0 bridgehead atoms. The second-order valence-electron chi connectivity index (χ2n) is 6.97. The van der Waals surface area contributed by atoms with Crippen molar-refractivity contribution in [2.24, 2.45) is 0 Å². The highest BCUT2D eigenvalue weighted by molar-refractivity contribution is 9.15. The third-order valence-corrected chi connectivity index (χ3v) is 9.74. The maximum Gasteiger partial charge on any atom is 0.418 e. The lowest BCUT2D eigenvalue weighted by molar-refractivity contribution is -0.136. The fraction of sp³-hybridized carbons (Fsp3) is 0.0455. The zero-order valence-corrected chi connectivity index (χ0v) is 22.8.